The van der Waals surface area contributed by atoms with Gasteiger partial charge in [-0.1, -0.05) is 60.1 Å². The number of aromatic nitrogens is 3. The number of thiophene rings is 1. The fourth-order valence-corrected chi connectivity index (χ4v) is 4.74. The van der Waals surface area contributed by atoms with Gasteiger partial charge in [0, 0.05) is 40.8 Å². The minimum absolute atomic E-state index is 0.0312. The first-order valence-corrected chi connectivity index (χ1v) is 12.5. The zero-order valence-electron chi connectivity index (χ0n) is 19.2. The van der Waals surface area contributed by atoms with E-state index in [4.69, 9.17) is 16.6 Å². The van der Waals surface area contributed by atoms with Crippen molar-refractivity contribution in [2.24, 2.45) is 0 Å². The van der Waals surface area contributed by atoms with Crippen molar-refractivity contribution in [3.63, 3.8) is 0 Å². The third-order valence-electron chi connectivity index (χ3n) is 5.70. The summed E-state index contributed by atoms with van der Waals surface area (Å²) < 4.78 is 1.81. The van der Waals surface area contributed by atoms with Gasteiger partial charge in [0.1, 0.15) is 13.7 Å². The third kappa shape index (κ3) is 5.39. The fraction of sp³-hybridized carbons (Fsp3) is 0.115. The second-order valence-corrected chi connectivity index (χ2v) is 9.71. The van der Waals surface area contributed by atoms with E-state index in [0.29, 0.717) is 24.5 Å². The van der Waals surface area contributed by atoms with Crippen LogP contribution in [-0.2, 0) is 24.3 Å². The highest BCUT2D eigenvalue weighted by molar-refractivity contribution is 7.10. The minimum Gasteiger partial charge on any atom is -0.366 e. The molecule has 0 aliphatic rings. The number of halogens is 1. The maximum Gasteiger partial charge on any atom is 0.225 e. The highest BCUT2D eigenvalue weighted by Gasteiger charge is 2.12. The number of hydrogen-bond acceptors (Lipinski definition) is 5. The molecule has 0 fully saturated rings. The molecule has 6 nitrogen and oxygen atoms in total. The molecule has 0 bridgehead atoms. The largest absolute Gasteiger partial charge is 0.366 e. The van der Waals surface area contributed by atoms with Gasteiger partial charge < -0.3 is 10.6 Å². The van der Waals surface area contributed by atoms with Crippen LogP contribution >= 0.6 is 22.9 Å². The van der Waals surface area contributed by atoms with Crippen LogP contribution in [0.15, 0.2) is 78.3 Å². The number of nitrogens with zero attached hydrogens (tertiary/aromatic N) is 3. The van der Waals surface area contributed by atoms with Crippen molar-refractivity contribution in [1.82, 2.24) is 19.9 Å². The van der Waals surface area contributed by atoms with E-state index in [1.54, 1.807) is 11.3 Å². The molecule has 0 atom stereocenters. The summed E-state index contributed by atoms with van der Waals surface area (Å²) >= 11 is 8.03. The average molecular weight is 500 g/mol. The van der Waals surface area contributed by atoms with E-state index >= 15 is 0 Å². The van der Waals surface area contributed by atoms with Gasteiger partial charge in [-0.05, 0) is 34.1 Å². The van der Waals surface area contributed by atoms with E-state index < -0.39 is 0 Å². The van der Waals surface area contributed by atoms with Crippen molar-refractivity contribution in [3.8, 4) is 11.3 Å². The van der Waals surface area contributed by atoms with Gasteiger partial charge in [-0.25, -0.2) is 4.98 Å². The van der Waals surface area contributed by atoms with E-state index in [2.05, 4.69) is 27.9 Å². The molecule has 0 unspecified atom stereocenters. The van der Waals surface area contributed by atoms with Gasteiger partial charge in [-0.15, -0.1) is 11.3 Å². The SMILES string of the molecule is Bc1cnn2c(NCc3ccc(CNC(=O)Cc4cccs4)cc3)cc(-c3ccccc3Cl)nc12. The molecule has 1 amide bonds. The highest BCUT2D eigenvalue weighted by atomic mass is 35.5. The van der Waals surface area contributed by atoms with Crippen molar-refractivity contribution in [1.29, 1.82) is 0 Å². The molecule has 3 aromatic heterocycles. The molecule has 0 saturated carbocycles. The molecule has 35 heavy (non-hydrogen) atoms. The van der Waals surface area contributed by atoms with Crippen LogP contribution in [0.5, 0.6) is 0 Å². The normalized spacial score (nSPS) is 11.0. The van der Waals surface area contributed by atoms with Gasteiger partial charge >= 0.3 is 0 Å². The van der Waals surface area contributed by atoms with Crippen LogP contribution in [0.2, 0.25) is 5.02 Å². The first-order chi connectivity index (χ1) is 17.1. The second kappa shape index (κ2) is 10.3. The van der Waals surface area contributed by atoms with Crippen LogP contribution in [-0.4, -0.2) is 28.4 Å². The molecule has 0 radical (unpaired) electrons. The molecule has 0 aliphatic carbocycles. The van der Waals surface area contributed by atoms with E-state index in [9.17, 15) is 4.79 Å². The first kappa shape index (κ1) is 23.1. The van der Waals surface area contributed by atoms with Gasteiger partial charge in [-0.3, -0.25) is 4.79 Å². The van der Waals surface area contributed by atoms with Crippen molar-refractivity contribution >= 4 is 53.6 Å². The lowest BCUT2D eigenvalue weighted by Gasteiger charge is -2.12. The number of hydrogen-bond donors (Lipinski definition) is 2. The predicted molar refractivity (Wildman–Crippen MR) is 145 cm³/mol. The monoisotopic (exact) mass is 499 g/mol. The van der Waals surface area contributed by atoms with Gasteiger partial charge in [0.05, 0.1) is 12.1 Å². The van der Waals surface area contributed by atoms with Gasteiger partial charge in [0.15, 0.2) is 5.65 Å². The van der Waals surface area contributed by atoms with Crippen LogP contribution in [0.25, 0.3) is 16.9 Å². The number of carbonyl (C=O) groups is 1. The molecule has 0 aliphatic heterocycles. The lowest BCUT2D eigenvalue weighted by molar-refractivity contribution is -0.120. The topological polar surface area (TPSA) is 71.3 Å². The summed E-state index contributed by atoms with van der Waals surface area (Å²) in [5, 5.41) is 13.6. The molecule has 0 spiro atoms. The zero-order chi connectivity index (χ0) is 24.2. The van der Waals surface area contributed by atoms with Crippen molar-refractivity contribution < 1.29 is 4.79 Å². The Labute approximate surface area is 213 Å². The molecular weight excluding hydrogens is 477 g/mol. The average Bonchev–Trinajstić information content (AvgIpc) is 3.52. The van der Waals surface area contributed by atoms with Crippen LogP contribution in [0, 0.1) is 0 Å². The molecular formula is C26H23BClN5OS. The molecule has 174 valence electrons. The second-order valence-electron chi connectivity index (χ2n) is 8.27. The Balaban J connectivity index is 1.27. The Morgan fingerprint density at radius 1 is 1.03 bits per heavy atom. The maximum absolute atomic E-state index is 12.1. The van der Waals surface area contributed by atoms with E-state index in [1.165, 1.54) is 0 Å². The predicted octanol–water partition coefficient (Wildman–Crippen LogP) is 3.84. The summed E-state index contributed by atoms with van der Waals surface area (Å²) in [5.41, 5.74) is 5.63. The Morgan fingerprint density at radius 2 is 1.80 bits per heavy atom. The number of fused-ring (bicyclic) bond motifs is 1. The van der Waals surface area contributed by atoms with Gasteiger partial charge in [-0.2, -0.15) is 9.61 Å². The number of nitrogens with one attached hydrogen (secondary N) is 2. The summed E-state index contributed by atoms with van der Waals surface area (Å²) in [6, 6.07) is 21.8. The van der Waals surface area contributed by atoms with Crippen LogP contribution in [0.1, 0.15) is 16.0 Å². The van der Waals surface area contributed by atoms with E-state index in [0.717, 1.165) is 44.2 Å². The van der Waals surface area contributed by atoms with Crippen molar-refractivity contribution in [3.05, 3.63) is 99.3 Å². The van der Waals surface area contributed by atoms with E-state index in [-0.39, 0.29) is 5.91 Å². The highest BCUT2D eigenvalue weighted by Crippen LogP contribution is 2.28. The van der Waals surface area contributed by atoms with Crippen LogP contribution in [0.3, 0.4) is 0 Å². The Bertz CT molecular complexity index is 1470. The molecule has 3 heterocycles. The third-order valence-corrected chi connectivity index (χ3v) is 6.91. The standard InChI is InChI=1S/C26H23BClN5OS/c27-21-16-31-33-24(13-23(32-26(21)33)20-5-1-2-6-22(20)28)29-14-17-7-9-18(10-8-17)15-30-25(34)12-19-4-3-11-35-19/h1-11,13,16,29H,12,14-15,27H2,(H,30,34). The lowest BCUT2D eigenvalue weighted by atomic mass is 10.0. The number of rotatable bonds is 8. The maximum atomic E-state index is 12.1. The zero-order valence-corrected chi connectivity index (χ0v) is 20.7. The summed E-state index contributed by atoms with van der Waals surface area (Å²) in [7, 11) is 1.99. The quantitative estimate of drug-likeness (QED) is 0.318. The first-order valence-electron chi connectivity index (χ1n) is 11.3. The van der Waals surface area contributed by atoms with Crippen LogP contribution < -0.4 is 16.1 Å². The number of amides is 1. The Morgan fingerprint density at radius 3 is 2.54 bits per heavy atom. The van der Waals surface area contributed by atoms with Crippen LogP contribution in [0.4, 0.5) is 5.82 Å². The number of anilines is 1. The minimum atomic E-state index is 0.0312. The summed E-state index contributed by atoms with van der Waals surface area (Å²) in [4.78, 5) is 18.0. The number of benzene rings is 2. The van der Waals surface area contributed by atoms with Gasteiger partial charge in [0.2, 0.25) is 5.91 Å². The summed E-state index contributed by atoms with van der Waals surface area (Å²) in [5.74, 6) is 0.867. The Kier molecular flexibility index (Phi) is 6.83. The molecule has 9 heteroatoms. The molecule has 5 aromatic rings. The molecule has 5 rings (SSSR count). The summed E-state index contributed by atoms with van der Waals surface area (Å²) in [6.07, 6.45) is 2.23. The lowest BCUT2D eigenvalue weighted by Crippen LogP contribution is -2.24. The van der Waals surface area contributed by atoms with Crippen molar-refractivity contribution in [2.75, 3.05) is 5.32 Å². The smallest absolute Gasteiger partial charge is 0.225 e. The molecule has 2 aromatic carbocycles. The van der Waals surface area contributed by atoms with E-state index in [1.807, 2.05) is 78.5 Å². The Hall–Kier alpha value is -3.62. The fourth-order valence-electron chi connectivity index (χ4n) is 3.81. The summed E-state index contributed by atoms with van der Waals surface area (Å²) in [6.45, 7) is 1.13. The van der Waals surface area contributed by atoms with Gasteiger partial charge in [0.25, 0.3) is 0 Å². The van der Waals surface area contributed by atoms with Crippen molar-refractivity contribution in [2.45, 2.75) is 19.5 Å². The number of carbonyl (C=O) groups excluding carboxylic acids is 1. The molecule has 0 saturated heterocycles. The molecule has 2 N–H and O–H groups in total.